The van der Waals surface area contributed by atoms with Crippen LogP contribution < -0.4 is 16.0 Å². The molecule has 2 aromatic carbocycles. The minimum Gasteiger partial charge on any atom is -0.486 e. The number of hydrogen-bond acceptors (Lipinski definition) is 3. The Balaban J connectivity index is 2.16. The van der Waals surface area contributed by atoms with E-state index in [2.05, 4.69) is 15.9 Å². The van der Waals surface area contributed by atoms with Crippen molar-refractivity contribution in [3.05, 3.63) is 67.9 Å². The van der Waals surface area contributed by atoms with Crippen LogP contribution in [0.25, 0.3) is 6.08 Å². The summed E-state index contributed by atoms with van der Waals surface area (Å²) in [6.07, 6.45) is 2.83. The van der Waals surface area contributed by atoms with E-state index < -0.39 is 11.7 Å². The van der Waals surface area contributed by atoms with Gasteiger partial charge < -0.3 is 4.74 Å². The van der Waals surface area contributed by atoms with Crippen LogP contribution in [-0.2, 0) is 11.4 Å². The predicted octanol–water partition coefficient (Wildman–Crippen LogP) is 4.48. The van der Waals surface area contributed by atoms with E-state index >= 15 is 0 Å². The molecule has 0 radical (unpaired) electrons. The summed E-state index contributed by atoms with van der Waals surface area (Å²) < 4.78 is 19.3. The Morgan fingerprint density at radius 2 is 2.04 bits per heavy atom. The number of carbonyl (C=O) groups is 1. The number of halogens is 4. The van der Waals surface area contributed by atoms with Crippen LogP contribution in [0.4, 0.5) is 4.39 Å². The Hall–Kier alpha value is -1.60. The second-order valence-electron chi connectivity index (χ2n) is 4.68. The summed E-state index contributed by atoms with van der Waals surface area (Å²) in [6.45, 7) is 0.127. The normalized spacial score (nSPS) is 10.9. The van der Waals surface area contributed by atoms with Crippen molar-refractivity contribution in [2.24, 2.45) is 5.84 Å². The lowest BCUT2D eigenvalue weighted by atomic mass is 10.2. The summed E-state index contributed by atoms with van der Waals surface area (Å²) >= 11 is 15.5. The Bertz CT molecular complexity index is 777. The zero-order valence-corrected chi connectivity index (χ0v) is 15.3. The number of benzene rings is 2. The average Bonchev–Trinajstić information content (AvgIpc) is 2.53. The monoisotopic (exact) mass is 432 g/mol. The molecule has 0 spiro atoms. The fourth-order valence-corrected chi connectivity index (χ4v) is 3.03. The summed E-state index contributed by atoms with van der Waals surface area (Å²) in [5.74, 6) is 4.56. The van der Waals surface area contributed by atoms with Gasteiger partial charge in [-0.25, -0.2) is 10.2 Å². The Morgan fingerprint density at radius 3 is 2.67 bits per heavy atom. The standard InChI is InChI=1S/C16H12BrCl2FN2O2/c17-12-5-9(1-4-15(23)22-21)6-14(19)16(12)24-8-10-2-3-11(20)7-13(10)18/h1-7H,8,21H2,(H,22,23)/b4-1+. The first-order valence-corrected chi connectivity index (χ1v) is 8.20. The van der Waals surface area contributed by atoms with Gasteiger partial charge in [0.05, 0.1) is 14.5 Å². The van der Waals surface area contributed by atoms with Crippen LogP contribution in [0.15, 0.2) is 40.9 Å². The molecule has 0 aliphatic carbocycles. The maximum absolute atomic E-state index is 13.0. The van der Waals surface area contributed by atoms with Crippen molar-refractivity contribution in [1.29, 1.82) is 0 Å². The molecule has 126 valence electrons. The highest BCUT2D eigenvalue weighted by Crippen LogP contribution is 2.35. The number of rotatable bonds is 5. The van der Waals surface area contributed by atoms with Crippen molar-refractivity contribution in [1.82, 2.24) is 5.43 Å². The van der Waals surface area contributed by atoms with Crippen molar-refractivity contribution in [3.63, 3.8) is 0 Å². The quantitative estimate of drug-likeness (QED) is 0.316. The highest BCUT2D eigenvalue weighted by molar-refractivity contribution is 9.10. The molecule has 0 aliphatic rings. The van der Waals surface area contributed by atoms with Crippen LogP contribution in [0.3, 0.4) is 0 Å². The van der Waals surface area contributed by atoms with Gasteiger partial charge >= 0.3 is 0 Å². The third kappa shape index (κ3) is 4.95. The van der Waals surface area contributed by atoms with E-state index in [-0.39, 0.29) is 11.6 Å². The summed E-state index contributed by atoms with van der Waals surface area (Å²) in [5, 5.41) is 0.616. The molecule has 2 aromatic rings. The van der Waals surface area contributed by atoms with E-state index in [4.69, 9.17) is 33.8 Å². The molecule has 24 heavy (non-hydrogen) atoms. The maximum atomic E-state index is 13.0. The highest BCUT2D eigenvalue weighted by atomic mass is 79.9. The predicted molar refractivity (Wildman–Crippen MR) is 96.3 cm³/mol. The lowest BCUT2D eigenvalue weighted by Gasteiger charge is -2.12. The molecule has 0 saturated heterocycles. The number of amides is 1. The first kappa shape index (κ1) is 18.7. The summed E-state index contributed by atoms with van der Waals surface area (Å²) in [7, 11) is 0. The van der Waals surface area contributed by atoms with E-state index in [9.17, 15) is 9.18 Å². The second kappa shape index (κ2) is 8.48. The number of hydrogen-bond donors (Lipinski definition) is 2. The van der Waals surface area contributed by atoms with Crippen molar-refractivity contribution >= 4 is 51.1 Å². The van der Waals surface area contributed by atoms with Crippen LogP contribution >= 0.6 is 39.1 Å². The smallest absolute Gasteiger partial charge is 0.257 e. The molecule has 0 unspecified atom stereocenters. The number of nitrogens with one attached hydrogen (secondary N) is 1. The van der Waals surface area contributed by atoms with Gasteiger partial charge in [-0.15, -0.1) is 0 Å². The van der Waals surface area contributed by atoms with Gasteiger partial charge in [0, 0.05) is 11.6 Å². The van der Waals surface area contributed by atoms with Crippen molar-refractivity contribution in [2.45, 2.75) is 6.61 Å². The Kier molecular flexibility index (Phi) is 6.62. The van der Waals surface area contributed by atoms with Gasteiger partial charge in [0.15, 0.2) is 5.75 Å². The number of carbonyl (C=O) groups excluding carboxylic acids is 1. The maximum Gasteiger partial charge on any atom is 0.257 e. The molecule has 0 aromatic heterocycles. The van der Waals surface area contributed by atoms with Gasteiger partial charge in [0.1, 0.15) is 12.4 Å². The van der Waals surface area contributed by atoms with Gasteiger partial charge in [-0.05, 0) is 51.8 Å². The lowest BCUT2D eigenvalue weighted by Crippen LogP contribution is -2.27. The molecule has 0 aliphatic heterocycles. The number of nitrogens with two attached hydrogens (primary N) is 1. The van der Waals surface area contributed by atoms with Crippen LogP contribution in [0, 0.1) is 5.82 Å². The van der Waals surface area contributed by atoms with Gasteiger partial charge in [-0.1, -0.05) is 29.3 Å². The summed E-state index contributed by atoms with van der Waals surface area (Å²) in [5.41, 5.74) is 3.30. The van der Waals surface area contributed by atoms with Gasteiger partial charge in [-0.3, -0.25) is 10.2 Å². The fraction of sp³-hybridized carbons (Fsp3) is 0.0625. The van der Waals surface area contributed by atoms with E-state index in [0.717, 1.165) is 0 Å². The van der Waals surface area contributed by atoms with E-state index in [1.54, 1.807) is 24.3 Å². The second-order valence-corrected chi connectivity index (χ2v) is 6.35. The molecule has 0 saturated carbocycles. The van der Waals surface area contributed by atoms with E-state index in [1.165, 1.54) is 18.2 Å². The third-order valence-electron chi connectivity index (χ3n) is 2.98. The minimum atomic E-state index is -0.437. The van der Waals surface area contributed by atoms with E-state index in [0.29, 0.717) is 26.4 Å². The average molecular weight is 434 g/mol. The van der Waals surface area contributed by atoms with Crippen LogP contribution in [-0.4, -0.2) is 5.91 Å². The lowest BCUT2D eigenvalue weighted by molar-refractivity contribution is -0.116. The fourth-order valence-electron chi connectivity index (χ4n) is 1.82. The third-order valence-corrected chi connectivity index (χ3v) is 4.20. The van der Waals surface area contributed by atoms with Crippen molar-refractivity contribution < 1.29 is 13.9 Å². The van der Waals surface area contributed by atoms with Crippen LogP contribution in [0.2, 0.25) is 10.0 Å². The molecule has 0 bridgehead atoms. The minimum absolute atomic E-state index is 0.127. The van der Waals surface area contributed by atoms with Gasteiger partial charge in [0.25, 0.3) is 5.91 Å². The highest BCUT2D eigenvalue weighted by Gasteiger charge is 2.10. The van der Waals surface area contributed by atoms with Gasteiger partial charge in [0.2, 0.25) is 0 Å². The van der Waals surface area contributed by atoms with Crippen molar-refractivity contribution in [3.8, 4) is 5.75 Å². The molecule has 4 nitrogen and oxygen atoms in total. The molecular weight excluding hydrogens is 422 g/mol. The summed E-state index contributed by atoms with van der Waals surface area (Å²) in [4.78, 5) is 11.1. The van der Waals surface area contributed by atoms with Gasteiger partial charge in [-0.2, -0.15) is 0 Å². The Morgan fingerprint density at radius 1 is 1.29 bits per heavy atom. The molecule has 2 rings (SSSR count). The summed E-state index contributed by atoms with van der Waals surface area (Å²) in [6, 6.07) is 7.43. The first-order valence-electron chi connectivity index (χ1n) is 6.65. The molecular formula is C16H12BrCl2FN2O2. The molecule has 1 amide bonds. The van der Waals surface area contributed by atoms with Crippen molar-refractivity contribution in [2.75, 3.05) is 0 Å². The topological polar surface area (TPSA) is 64.3 Å². The SMILES string of the molecule is NNC(=O)/C=C/c1cc(Cl)c(OCc2ccc(F)cc2Cl)c(Br)c1. The van der Waals surface area contributed by atoms with Crippen LogP contribution in [0.1, 0.15) is 11.1 Å². The molecule has 0 fully saturated rings. The molecule has 0 heterocycles. The number of ether oxygens (including phenoxy) is 1. The molecule has 8 heteroatoms. The molecule has 0 atom stereocenters. The zero-order chi connectivity index (χ0) is 17.7. The molecule has 3 N–H and O–H groups in total. The largest absolute Gasteiger partial charge is 0.486 e. The Labute approximate surface area is 156 Å². The van der Waals surface area contributed by atoms with Crippen LogP contribution in [0.5, 0.6) is 5.75 Å². The number of hydrazine groups is 1. The van der Waals surface area contributed by atoms with E-state index in [1.807, 2.05) is 5.43 Å². The first-order chi connectivity index (χ1) is 11.4. The zero-order valence-electron chi connectivity index (χ0n) is 12.2.